The molecule has 10 heteroatoms. The number of nitrogens with zero attached hydrogens (tertiary/aromatic N) is 6. The molecule has 1 aromatic carbocycles. The lowest BCUT2D eigenvalue weighted by Crippen LogP contribution is -2.47. The smallest absolute Gasteiger partial charge is 0.161 e. The number of ether oxygens (including phenoxy) is 1. The van der Waals surface area contributed by atoms with Crippen molar-refractivity contribution >= 4 is 44.2 Å². The van der Waals surface area contributed by atoms with Gasteiger partial charge in [-0.2, -0.15) is 5.10 Å². The highest BCUT2D eigenvalue weighted by Crippen LogP contribution is 2.36. The largest absolute Gasteiger partial charge is 0.493 e. The number of halogens is 1. The lowest BCUT2D eigenvalue weighted by atomic mass is 10.1. The lowest BCUT2D eigenvalue weighted by Gasteiger charge is -2.38. The van der Waals surface area contributed by atoms with Gasteiger partial charge in [0.2, 0.25) is 0 Å². The summed E-state index contributed by atoms with van der Waals surface area (Å²) in [7, 11) is 0. The summed E-state index contributed by atoms with van der Waals surface area (Å²) in [4.78, 5) is 16.3. The van der Waals surface area contributed by atoms with Crippen LogP contribution in [0, 0.1) is 12.8 Å². The summed E-state index contributed by atoms with van der Waals surface area (Å²) in [5.74, 6) is 2.65. The van der Waals surface area contributed by atoms with E-state index in [1.54, 1.807) is 6.33 Å². The molecule has 2 saturated heterocycles. The van der Waals surface area contributed by atoms with Gasteiger partial charge in [-0.3, -0.25) is 5.10 Å². The number of benzene rings is 1. The van der Waals surface area contributed by atoms with E-state index in [9.17, 15) is 0 Å². The van der Waals surface area contributed by atoms with Crippen LogP contribution in [-0.4, -0.2) is 84.0 Å². The van der Waals surface area contributed by atoms with Crippen molar-refractivity contribution in [3.63, 3.8) is 0 Å². The fourth-order valence-electron chi connectivity index (χ4n) is 5.33. The summed E-state index contributed by atoms with van der Waals surface area (Å²) in [5.41, 5.74) is 4.52. The van der Waals surface area contributed by atoms with Gasteiger partial charge in [0.15, 0.2) is 5.65 Å². The molecule has 0 atom stereocenters. The van der Waals surface area contributed by atoms with Crippen LogP contribution >= 0.6 is 15.9 Å². The van der Waals surface area contributed by atoms with Gasteiger partial charge >= 0.3 is 0 Å². The number of nitrogens with one attached hydrogen (secondary N) is 2. The van der Waals surface area contributed by atoms with Gasteiger partial charge in [0.25, 0.3) is 0 Å². The summed E-state index contributed by atoms with van der Waals surface area (Å²) in [5, 5.41) is 11.9. The predicted molar refractivity (Wildman–Crippen MR) is 147 cm³/mol. The summed E-state index contributed by atoms with van der Waals surface area (Å²) in [6.45, 7) is 11.2. The van der Waals surface area contributed by atoms with Crippen LogP contribution in [-0.2, 0) is 0 Å². The van der Waals surface area contributed by atoms with Gasteiger partial charge in [0.05, 0.1) is 12.0 Å². The number of piperazine rings is 1. The third kappa shape index (κ3) is 5.11. The molecular formula is C26H35BrN8O. The Morgan fingerprint density at radius 2 is 1.83 bits per heavy atom. The summed E-state index contributed by atoms with van der Waals surface area (Å²) < 4.78 is 7.02. The molecular weight excluding hydrogens is 520 g/mol. The number of likely N-dealkylation sites (tertiary alicyclic amines) is 1. The first-order chi connectivity index (χ1) is 17.7. The Morgan fingerprint density at radius 3 is 2.61 bits per heavy atom. The predicted octanol–water partition coefficient (Wildman–Crippen LogP) is 4.05. The average molecular weight is 556 g/mol. The molecule has 0 amide bonds. The van der Waals surface area contributed by atoms with E-state index in [2.05, 4.69) is 75.2 Å². The van der Waals surface area contributed by atoms with Crippen LogP contribution in [0.25, 0.3) is 11.0 Å². The minimum Gasteiger partial charge on any atom is -0.493 e. The lowest BCUT2D eigenvalue weighted by molar-refractivity contribution is 0.300. The van der Waals surface area contributed by atoms with Gasteiger partial charge in [-0.1, -0.05) is 0 Å². The normalized spacial score (nSPS) is 18.8. The van der Waals surface area contributed by atoms with Crippen LogP contribution < -0.4 is 19.9 Å². The van der Waals surface area contributed by atoms with E-state index in [0.717, 1.165) is 79.0 Å². The molecule has 3 aromatic rings. The molecule has 2 N–H and O–H groups in total. The summed E-state index contributed by atoms with van der Waals surface area (Å²) in [6, 6.07) is 4.45. The maximum absolute atomic E-state index is 6.26. The Balaban J connectivity index is 1.18. The minimum atomic E-state index is 0.733. The third-order valence-electron chi connectivity index (χ3n) is 7.69. The monoisotopic (exact) mass is 554 g/mol. The Kier molecular flexibility index (Phi) is 6.88. The zero-order valence-electron chi connectivity index (χ0n) is 21.0. The molecule has 36 heavy (non-hydrogen) atoms. The molecule has 0 bridgehead atoms. The van der Waals surface area contributed by atoms with E-state index >= 15 is 0 Å². The van der Waals surface area contributed by atoms with Gasteiger partial charge in [-0.05, 0) is 73.1 Å². The fraction of sp³-hybridized carbons (Fsp3) is 0.577. The molecule has 6 rings (SSSR count). The van der Waals surface area contributed by atoms with Crippen LogP contribution in [0.15, 0.2) is 23.1 Å². The maximum Gasteiger partial charge on any atom is 0.161 e. The molecule has 2 aromatic heterocycles. The number of aromatic amines is 1. The molecule has 3 aliphatic rings. The second-order valence-corrected chi connectivity index (χ2v) is 11.0. The van der Waals surface area contributed by atoms with Crippen LogP contribution in [0.4, 0.5) is 17.2 Å². The van der Waals surface area contributed by atoms with Crippen LogP contribution in [0.2, 0.25) is 0 Å². The number of hydrogen-bond donors (Lipinski definition) is 2. The Bertz CT molecular complexity index is 1200. The quantitative estimate of drug-likeness (QED) is 0.409. The van der Waals surface area contributed by atoms with Gasteiger partial charge < -0.3 is 24.8 Å². The van der Waals surface area contributed by atoms with E-state index in [1.165, 1.54) is 55.7 Å². The first-order valence-electron chi connectivity index (χ1n) is 13.2. The highest BCUT2D eigenvalue weighted by Gasteiger charge is 2.25. The van der Waals surface area contributed by atoms with Crippen molar-refractivity contribution in [2.45, 2.75) is 32.6 Å². The zero-order chi connectivity index (χ0) is 24.5. The zero-order valence-corrected chi connectivity index (χ0v) is 22.6. The molecule has 4 heterocycles. The number of H-pyrrole nitrogens is 1. The molecule has 2 aliphatic heterocycles. The van der Waals surface area contributed by atoms with Gasteiger partial charge in [0, 0.05) is 62.8 Å². The molecule has 3 fully saturated rings. The Hall–Kier alpha value is -2.59. The standard InChI is InChI=1S/C26H35BrN8O/c1-18-21(28-6-9-33-7-2-3-8-33)14-20(36-16-19-4-5-19)15-22(18)34-10-12-35(13-11-34)26-23-24(27)31-32-25(23)29-17-30-26/h14-15,17,19,28H,2-13,16H2,1H3,(H,29,30,31,32). The van der Waals surface area contributed by atoms with E-state index in [0.29, 0.717) is 0 Å². The highest BCUT2D eigenvalue weighted by molar-refractivity contribution is 9.10. The second-order valence-electron chi connectivity index (χ2n) is 10.3. The van der Waals surface area contributed by atoms with E-state index in [-0.39, 0.29) is 0 Å². The first kappa shape index (κ1) is 23.8. The van der Waals surface area contributed by atoms with Crippen LogP contribution in [0.1, 0.15) is 31.2 Å². The van der Waals surface area contributed by atoms with Gasteiger partial charge in [0.1, 0.15) is 22.5 Å². The number of anilines is 3. The fourth-order valence-corrected chi connectivity index (χ4v) is 5.78. The van der Waals surface area contributed by atoms with E-state index < -0.39 is 0 Å². The molecule has 1 saturated carbocycles. The van der Waals surface area contributed by atoms with Gasteiger partial charge in [-0.15, -0.1) is 0 Å². The topological polar surface area (TPSA) is 85.4 Å². The van der Waals surface area contributed by atoms with Crippen molar-refractivity contribution < 1.29 is 4.74 Å². The molecule has 9 nitrogen and oxygen atoms in total. The van der Waals surface area contributed by atoms with Crippen molar-refractivity contribution in [2.24, 2.45) is 5.92 Å². The molecule has 0 spiro atoms. The molecule has 1 aliphatic carbocycles. The number of rotatable bonds is 9. The van der Waals surface area contributed by atoms with E-state index in [4.69, 9.17) is 4.74 Å². The number of hydrogen-bond acceptors (Lipinski definition) is 8. The second kappa shape index (κ2) is 10.4. The average Bonchev–Trinajstić information content (AvgIpc) is 3.44. The SMILES string of the molecule is Cc1c(NCCN2CCCC2)cc(OCC2CC2)cc1N1CCN(c2ncnc3[nH]nc(Br)c23)CC1. The molecule has 0 unspecified atom stereocenters. The minimum absolute atomic E-state index is 0.733. The summed E-state index contributed by atoms with van der Waals surface area (Å²) in [6.07, 6.45) is 6.87. The van der Waals surface area contributed by atoms with Gasteiger partial charge in [-0.25, -0.2) is 9.97 Å². The van der Waals surface area contributed by atoms with Crippen LogP contribution in [0.5, 0.6) is 5.75 Å². The summed E-state index contributed by atoms with van der Waals surface area (Å²) >= 11 is 3.55. The number of aromatic nitrogens is 4. The van der Waals surface area contributed by atoms with E-state index in [1.807, 2.05) is 0 Å². The Morgan fingerprint density at radius 1 is 1.06 bits per heavy atom. The van der Waals surface area contributed by atoms with Crippen molar-refractivity contribution in [1.29, 1.82) is 0 Å². The molecule has 192 valence electrons. The highest BCUT2D eigenvalue weighted by atomic mass is 79.9. The van der Waals surface area contributed by atoms with Crippen molar-refractivity contribution in [1.82, 2.24) is 25.1 Å². The molecule has 0 radical (unpaired) electrons. The number of fused-ring (bicyclic) bond motifs is 1. The van der Waals surface area contributed by atoms with Crippen molar-refractivity contribution in [3.8, 4) is 5.75 Å². The Labute approximate surface area is 220 Å². The third-order valence-corrected chi connectivity index (χ3v) is 8.27. The van der Waals surface area contributed by atoms with Crippen molar-refractivity contribution in [3.05, 3.63) is 28.6 Å². The van der Waals surface area contributed by atoms with Crippen LogP contribution in [0.3, 0.4) is 0 Å². The first-order valence-corrected chi connectivity index (χ1v) is 14.0. The maximum atomic E-state index is 6.26. The van der Waals surface area contributed by atoms with Crippen molar-refractivity contribution in [2.75, 3.05) is 74.1 Å².